The maximum absolute atomic E-state index is 12.6. The van der Waals surface area contributed by atoms with Crippen LogP contribution in [0.1, 0.15) is 30.4 Å². The Hall–Kier alpha value is -3.39. The number of aliphatic carboxylic acids is 1. The number of amides is 2. The molecule has 0 bridgehead atoms. The standard InChI is InChI=1S/C24H29N3O5/c1-15(12-22(28)29)25-23(30)21(13-27(2)3)26-24(31)32-14-20-18-10-6-4-8-16(18)17-9-5-7-11-19(17)20/h4-11,15,20-21H,12-14H2,1-3H3,(H,25,30)(H,26,31)(H,28,29)/t15-,21?/m1/s1. The highest BCUT2D eigenvalue weighted by atomic mass is 16.5. The third-order valence-corrected chi connectivity index (χ3v) is 5.37. The van der Waals surface area contributed by atoms with E-state index in [-0.39, 0.29) is 25.5 Å². The molecule has 0 spiro atoms. The molecule has 2 atom stereocenters. The lowest BCUT2D eigenvalue weighted by molar-refractivity contribution is -0.137. The van der Waals surface area contributed by atoms with Crippen molar-refractivity contribution in [1.29, 1.82) is 0 Å². The maximum Gasteiger partial charge on any atom is 0.407 e. The molecule has 0 fully saturated rings. The molecule has 1 aliphatic rings. The number of alkyl carbamates (subject to hydrolysis) is 1. The van der Waals surface area contributed by atoms with Crippen LogP contribution in [-0.2, 0) is 14.3 Å². The summed E-state index contributed by atoms with van der Waals surface area (Å²) in [5.74, 6) is -1.54. The summed E-state index contributed by atoms with van der Waals surface area (Å²) >= 11 is 0. The van der Waals surface area contributed by atoms with Crippen LogP contribution in [0.15, 0.2) is 48.5 Å². The molecule has 0 saturated carbocycles. The van der Waals surface area contributed by atoms with Crippen LogP contribution in [0.3, 0.4) is 0 Å². The fraction of sp³-hybridized carbons (Fsp3) is 0.375. The zero-order valence-electron chi connectivity index (χ0n) is 18.5. The summed E-state index contributed by atoms with van der Waals surface area (Å²) < 4.78 is 5.53. The maximum atomic E-state index is 12.6. The number of carboxylic acids is 1. The van der Waals surface area contributed by atoms with E-state index in [1.165, 1.54) is 0 Å². The second-order valence-electron chi connectivity index (χ2n) is 8.29. The molecule has 8 heteroatoms. The van der Waals surface area contributed by atoms with E-state index < -0.39 is 30.1 Å². The number of nitrogens with zero attached hydrogens (tertiary/aromatic N) is 1. The first kappa shape index (κ1) is 23.3. The summed E-state index contributed by atoms with van der Waals surface area (Å²) in [6, 6.07) is 14.7. The van der Waals surface area contributed by atoms with Crippen LogP contribution >= 0.6 is 0 Å². The van der Waals surface area contributed by atoms with Crippen molar-refractivity contribution in [3.63, 3.8) is 0 Å². The molecule has 32 heavy (non-hydrogen) atoms. The highest BCUT2D eigenvalue weighted by Gasteiger charge is 2.30. The van der Waals surface area contributed by atoms with Gasteiger partial charge in [0.15, 0.2) is 0 Å². The van der Waals surface area contributed by atoms with Crippen LogP contribution in [0, 0.1) is 0 Å². The Labute approximate surface area is 187 Å². The minimum atomic E-state index is -1.01. The largest absolute Gasteiger partial charge is 0.481 e. The zero-order valence-corrected chi connectivity index (χ0v) is 18.5. The highest BCUT2D eigenvalue weighted by Crippen LogP contribution is 2.44. The summed E-state index contributed by atoms with van der Waals surface area (Å²) in [5, 5.41) is 14.1. The van der Waals surface area contributed by atoms with Gasteiger partial charge in [0.1, 0.15) is 12.6 Å². The van der Waals surface area contributed by atoms with Gasteiger partial charge >= 0.3 is 12.1 Å². The molecule has 170 valence electrons. The average Bonchev–Trinajstić information content (AvgIpc) is 3.04. The van der Waals surface area contributed by atoms with Crippen molar-refractivity contribution in [2.24, 2.45) is 0 Å². The number of likely N-dealkylation sites (N-methyl/N-ethyl adjacent to an activating group) is 1. The van der Waals surface area contributed by atoms with Crippen LogP contribution in [0.5, 0.6) is 0 Å². The molecule has 0 radical (unpaired) electrons. The van der Waals surface area contributed by atoms with Crippen LogP contribution in [0.25, 0.3) is 11.1 Å². The molecule has 1 unspecified atom stereocenters. The number of benzene rings is 2. The fourth-order valence-corrected chi connectivity index (χ4v) is 4.00. The molecule has 3 N–H and O–H groups in total. The minimum Gasteiger partial charge on any atom is -0.481 e. The minimum absolute atomic E-state index is 0.0788. The molecule has 1 aliphatic carbocycles. The van der Waals surface area contributed by atoms with Crippen LogP contribution in [-0.4, -0.2) is 67.3 Å². The number of hydrogen-bond donors (Lipinski definition) is 3. The van der Waals surface area contributed by atoms with Gasteiger partial charge in [-0.1, -0.05) is 48.5 Å². The molecule has 8 nitrogen and oxygen atoms in total. The average molecular weight is 440 g/mol. The zero-order chi connectivity index (χ0) is 23.3. The number of hydrogen-bond acceptors (Lipinski definition) is 5. The van der Waals surface area contributed by atoms with Gasteiger partial charge in [-0.05, 0) is 43.3 Å². The van der Waals surface area contributed by atoms with Gasteiger partial charge in [-0.15, -0.1) is 0 Å². The smallest absolute Gasteiger partial charge is 0.407 e. The quantitative estimate of drug-likeness (QED) is 0.554. The van der Waals surface area contributed by atoms with Gasteiger partial charge in [-0.25, -0.2) is 4.79 Å². The van der Waals surface area contributed by atoms with Crippen LogP contribution < -0.4 is 10.6 Å². The number of carbonyl (C=O) groups excluding carboxylic acids is 2. The number of fused-ring (bicyclic) bond motifs is 3. The topological polar surface area (TPSA) is 108 Å². The van der Waals surface area contributed by atoms with E-state index >= 15 is 0 Å². The predicted molar refractivity (Wildman–Crippen MR) is 120 cm³/mol. The molecule has 2 amide bonds. The van der Waals surface area contributed by atoms with Gasteiger partial charge < -0.3 is 25.4 Å². The van der Waals surface area contributed by atoms with E-state index in [9.17, 15) is 14.4 Å². The first-order valence-corrected chi connectivity index (χ1v) is 10.5. The number of carbonyl (C=O) groups is 3. The molecule has 2 aromatic carbocycles. The van der Waals surface area contributed by atoms with Crippen molar-refractivity contribution in [1.82, 2.24) is 15.5 Å². The van der Waals surface area contributed by atoms with E-state index in [1.807, 2.05) is 36.4 Å². The molecule has 0 aromatic heterocycles. The second kappa shape index (κ2) is 10.3. The van der Waals surface area contributed by atoms with Crippen molar-refractivity contribution in [3.05, 3.63) is 59.7 Å². The third-order valence-electron chi connectivity index (χ3n) is 5.37. The number of rotatable bonds is 9. The van der Waals surface area contributed by atoms with Crippen molar-refractivity contribution >= 4 is 18.0 Å². The highest BCUT2D eigenvalue weighted by molar-refractivity contribution is 5.86. The molecule has 0 heterocycles. The molecular weight excluding hydrogens is 410 g/mol. The van der Waals surface area contributed by atoms with E-state index in [2.05, 4.69) is 22.8 Å². The number of ether oxygens (including phenoxy) is 1. The summed E-state index contributed by atoms with van der Waals surface area (Å²) in [4.78, 5) is 37.8. The van der Waals surface area contributed by atoms with Crippen molar-refractivity contribution in [3.8, 4) is 11.1 Å². The fourth-order valence-electron chi connectivity index (χ4n) is 4.00. The van der Waals surface area contributed by atoms with E-state index in [1.54, 1.807) is 25.9 Å². The lowest BCUT2D eigenvalue weighted by Crippen LogP contribution is -2.53. The van der Waals surface area contributed by atoms with Gasteiger partial charge in [-0.3, -0.25) is 9.59 Å². The summed E-state index contributed by atoms with van der Waals surface area (Å²) in [6.07, 6.45) is -0.898. The summed E-state index contributed by atoms with van der Waals surface area (Å²) in [5.41, 5.74) is 4.47. The van der Waals surface area contributed by atoms with Gasteiger partial charge in [0.25, 0.3) is 0 Å². The Morgan fingerprint density at radius 3 is 2.09 bits per heavy atom. The van der Waals surface area contributed by atoms with Gasteiger partial charge in [0, 0.05) is 18.5 Å². The molecule has 2 aromatic rings. The monoisotopic (exact) mass is 439 g/mol. The van der Waals surface area contributed by atoms with E-state index in [0.29, 0.717) is 0 Å². The Balaban J connectivity index is 1.64. The Morgan fingerprint density at radius 2 is 1.56 bits per heavy atom. The van der Waals surface area contributed by atoms with E-state index in [0.717, 1.165) is 22.3 Å². The number of carboxylic acid groups (broad SMARTS) is 1. The van der Waals surface area contributed by atoms with Gasteiger partial charge in [-0.2, -0.15) is 0 Å². The third kappa shape index (κ3) is 5.64. The summed E-state index contributed by atoms with van der Waals surface area (Å²) in [7, 11) is 3.56. The Morgan fingerprint density at radius 1 is 1.00 bits per heavy atom. The first-order valence-electron chi connectivity index (χ1n) is 10.5. The normalized spacial score (nSPS) is 14.2. The number of nitrogens with one attached hydrogen (secondary N) is 2. The molecule has 3 rings (SSSR count). The van der Waals surface area contributed by atoms with Gasteiger partial charge in [0.2, 0.25) is 5.91 Å². The SMILES string of the molecule is C[C@H](CC(=O)O)NC(=O)C(CN(C)C)NC(=O)OCC1c2ccccc2-c2ccccc21. The Kier molecular flexibility index (Phi) is 7.48. The Bertz CT molecular complexity index is 946. The van der Waals surface area contributed by atoms with Crippen molar-refractivity contribution in [2.45, 2.75) is 31.3 Å². The molecular formula is C24H29N3O5. The molecule has 0 saturated heterocycles. The van der Waals surface area contributed by atoms with Gasteiger partial charge in [0.05, 0.1) is 6.42 Å². The lowest BCUT2D eigenvalue weighted by Gasteiger charge is -2.23. The predicted octanol–water partition coefficient (Wildman–Crippen LogP) is 2.43. The van der Waals surface area contributed by atoms with Crippen molar-refractivity contribution in [2.75, 3.05) is 27.2 Å². The summed E-state index contributed by atoms with van der Waals surface area (Å²) in [6.45, 7) is 1.99. The van der Waals surface area contributed by atoms with Crippen LogP contribution in [0.4, 0.5) is 4.79 Å². The van der Waals surface area contributed by atoms with E-state index in [4.69, 9.17) is 9.84 Å². The first-order chi connectivity index (χ1) is 15.3. The van der Waals surface area contributed by atoms with Crippen molar-refractivity contribution < 1.29 is 24.2 Å². The second-order valence-corrected chi connectivity index (χ2v) is 8.29. The van der Waals surface area contributed by atoms with Crippen LogP contribution in [0.2, 0.25) is 0 Å². The lowest BCUT2D eigenvalue weighted by atomic mass is 9.98. The molecule has 0 aliphatic heterocycles.